The Kier molecular flexibility index (Phi) is 8.40. The molecule has 3 fully saturated rings. The molecule has 2 saturated heterocycles. The second-order valence-electron chi connectivity index (χ2n) is 12.3. The highest BCUT2D eigenvalue weighted by atomic mass is 35.5. The molecule has 8 nitrogen and oxygen atoms in total. The van der Waals surface area contributed by atoms with Crippen LogP contribution in [0.25, 0.3) is 0 Å². The summed E-state index contributed by atoms with van der Waals surface area (Å²) in [5.41, 5.74) is 1.22. The quantitative estimate of drug-likeness (QED) is 0.514. The van der Waals surface area contributed by atoms with Gasteiger partial charge in [-0.25, -0.2) is 0 Å². The van der Waals surface area contributed by atoms with E-state index in [0.717, 1.165) is 37.7 Å². The maximum absolute atomic E-state index is 14.2. The average Bonchev–Trinajstić information content (AvgIpc) is 3.51. The standard InChI is InChI=1S/C29H41ClN4O4/c1-19(36)32-16-24(20-6-8-21(30)9-7-20)25(17-32)27(37)33-15-23(14-26(33)28(38)31(4)5)34(18-35)22-10-12-29(2,3)13-11-22/h6-9,18,22-26H,10-17H2,1-5H3/t23-,24-,25+,26-/m0/s1. The molecule has 1 aromatic carbocycles. The molecule has 2 heterocycles. The van der Waals surface area contributed by atoms with E-state index in [2.05, 4.69) is 13.8 Å². The lowest BCUT2D eigenvalue weighted by molar-refractivity contribution is -0.145. The summed E-state index contributed by atoms with van der Waals surface area (Å²) in [4.78, 5) is 59.0. The van der Waals surface area contributed by atoms with Crippen LogP contribution in [0.4, 0.5) is 0 Å². The summed E-state index contributed by atoms with van der Waals surface area (Å²) in [5.74, 6) is -1.02. The Balaban J connectivity index is 1.60. The first-order valence-electron chi connectivity index (χ1n) is 13.7. The molecule has 0 unspecified atom stereocenters. The van der Waals surface area contributed by atoms with Crippen LogP contribution in [0.5, 0.6) is 0 Å². The molecule has 2 aliphatic heterocycles. The third-order valence-corrected chi connectivity index (χ3v) is 9.19. The first kappa shape index (κ1) is 28.4. The lowest BCUT2D eigenvalue weighted by atomic mass is 9.75. The Morgan fingerprint density at radius 2 is 1.63 bits per heavy atom. The van der Waals surface area contributed by atoms with Crippen molar-refractivity contribution < 1.29 is 19.2 Å². The molecule has 0 radical (unpaired) electrons. The highest BCUT2D eigenvalue weighted by Crippen LogP contribution is 2.40. The molecule has 0 N–H and O–H groups in total. The third kappa shape index (κ3) is 5.85. The molecule has 208 valence electrons. The van der Waals surface area contributed by atoms with E-state index < -0.39 is 12.0 Å². The zero-order chi connectivity index (χ0) is 27.8. The fourth-order valence-electron chi connectivity index (χ4n) is 6.53. The van der Waals surface area contributed by atoms with Crippen LogP contribution in [-0.4, -0.2) is 95.6 Å². The minimum Gasteiger partial charge on any atom is -0.347 e. The van der Waals surface area contributed by atoms with Gasteiger partial charge in [-0.1, -0.05) is 37.6 Å². The molecule has 3 aliphatic rings. The maximum atomic E-state index is 14.2. The van der Waals surface area contributed by atoms with Crippen LogP contribution in [-0.2, 0) is 19.2 Å². The van der Waals surface area contributed by atoms with Gasteiger partial charge in [0, 0.05) is 57.6 Å². The number of amides is 4. The van der Waals surface area contributed by atoms with E-state index in [1.165, 1.54) is 11.8 Å². The van der Waals surface area contributed by atoms with E-state index in [4.69, 9.17) is 11.6 Å². The number of halogens is 1. The number of hydrogen-bond acceptors (Lipinski definition) is 4. The Morgan fingerprint density at radius 3 is 2.18 bits per heavy atom. The number of carbonyl (C=O) groups is 4. The topological polar surface area (TPSA) is 81.2 Å². The number of nitrogens with zero attached hydrogens (tertiary/aromatic N) is 4. The second-order valence-corrected chi connectivity index (χ2v) is 12.7. The number of likely N-dealkylation sites (N-methyl/N-ethyl adjacent to an activating group) is 1. The van der Waals surface area contributed by atoms with Crippen molar-refractivity contribution in [2.75, 3.05) is 33.7 Å². The van der Waals surface area contributed by atoms with Gasteiger partial charge < -0.3 is 19.6 Å². The fourth-order valence-corrected chi connectivity index (χ4v) is 6.66. The summed E-state index contributed by atoms with van der Waals surface area (Å²) >= 11 is 6.11. The monoisotopic (exact) mass is 544 g/mol. The summed E-state index contributed by atoms with van der Waals surface area (Å²) < 4.78 is 0. The number of hydrogen-bond donors (Lipinski definition) is 0. The molecule has 9 heteroatoms. The van der Waals surface area contributed by atoms with Gasteiger partial charge in [0.05, 0.1) is 12.0 Å². The van der Waals surface area contributed by atoms with Crippen LogP contribution in [0.2, 0.25) is 5.02 Å². The maximum Gasteiger partial charge on any atom is 0.244 e. The van der Waals surface area contributed by atoms with E-state index in [-0.39, 0.29) is 41.1 Å². The van der Waals surface area contributed by atoms with Gasteiger partial charge in [-0.05, 0) is 55.2 Å². The summed E-state index contributed by atoms with van der Waals surface area (Å²) in [6.45, 7) is 7.11. The molecular weight excluding hydrogens is 504 g/mol. The van der Waals surface area contributed by atoms with Gasteiger partial charge in [0.1, 0.15) is 6.04 Å². The predicted octanol–water partition coefficient (Wildman–Crippen LogP) is 3.39. The summed E-state index contributed by atoms with van der Waals surface area (Å²) in [6, 6.07) is 6.68. The van der Waals surface area contributed by atoms with E-state index in [0.29, 0.717) is 31.1 Å². The average molecular weight is 545 g/mol. The van der Waals surface area contributed by atoms with Crippen molar-refractivity contribution >= 4 is 35.7 Å². The molecular formula is C29H41ClN4O4. The Bertz CT molecular complexity index is 1050. The van der Waals surface area contributed by atoms with E-state index >= 15 is 0 Å². The van der Waals surface area contributed by atoms with Crippen LogP contribution in [0.1, 0.15) is 64.4 Å². The molecule has 0 bridgehead atoms. The van der Waals surface area contributed by atoms with Gasteiger partial charge in [-0.15, -0.1) is 0 Å². The van der Waals surface area contributed by atoms with Gasteiger partial charge in [0.2, 0.25) is 24.1 Å². The minimum absolute atomic E-state index is 0.0770. The predicted molar refractivity (Wildman–Crippen MR) is 146 cm³/mol. The lowest BCUT2D eigenvalue weighted by Crippen LogP contribution is -2.49. The first-order valence-corrected chi connectivity index (χ1v) is 14.0. The number of benzene rings is 1. The molecule has 0 spiro atoms. The smallest absolute Gasteiger partial charge is 0.244 e. The van der Waals surface area contributed by atoms with Crippen LogP contribution >= 0.6 is 11.6 Å². The first-order chi connectivity index (χ1) is 17.9. The van der Waals surface area contributed by atoms with Crippen molar-refractivity contribution in [2.45, 2.75) is 76.9 Å². The highest BCUT2D eigenvalue weighted by Gasteiger charge is 2.49. The normalized spacial score (nSPS) is 27.3. The van der Waals surface area contributed by atoms with Crippen LogP contribution in [0.3, 0.4) is 0 Å². The number of rotatable bonds is 6. The second kappa shape index (κ2) is 11.2. The largest absolute Gasteiger partial charge is 0.347 e. The summed E-state index contributed by atoms with van der Waals surface area (Å²) in [5, 5.41) is 0.608. The van der Waals surface area contributed by atoms with Gasteiger partial charge in [0.15, 0.2) is 0 Å². The molecule has 4 atom stereocenters. The van der Waals surface area contributed by atoms with Gasteiger partial charge in [-0.3, -0.25) is 19.2 Å². The zero-order valence-corrected chi connectivity index (χ0v) is 24.0. The summed E-state index contributed by atoms with van der Waals surface area (Å²) in [6.07, 6.45) is 5.29. The van der Waals surface area contributed by atoms with Crippen molar-refractivity contribution in [3.05, 3.63) is 34.9 Å². The van der Waals surface area contributed by atoms with E-state index in [9.17, 15) is 19.2 Å². The molecule has 0 aromatic heterocycles. The van der Waals surface area contributed by atoms with Crippen molar-refractivity contribution in [2.24, 2.45) is 11.3 Å². The van der Waals surface area contributed by atoms with Gasteiger partial charge in [-0.2, -0.15) is 0 Å². The molecule has 4 amide bonds. The van der Waals surface area contributed by atoms with Crippen LogP contribution < -0.4 is 0 Å². The van der Waals surface area contributed by atoms with Crippen LogP contribution in [0.15, 0.2) is 24.3 Å². The van der Waals surface area contributed by atoms with Crippen molar-refractivity contribution in [3.63, 3.8) is 0 Å². The fraction of sp³-hybridized carbons (Fsp3) is 0.655. The van der Waals surface area contributed by atoms with E-state index in [1.54, 1.807) is 36.0 Å². The molecule has 1 aromatic rings. The zero-order valence-electron chi connectivity index (χ0n) is 23.2. The third-order valence-electron chi connectivity index (χ3n) is 8.94. The number of likely N-dealkylation sites (tertiary alicyclic amines) is 2. The van der Waals surface area contributed by atoms with Crippen molar-refractivity contribution in [3.8, 4) is 0 Å². The lowest BCUT2D eigenvalue weighted by Gasteiger charge is -2.41. The van der Waals surface area contributed by atoms with Gasteiger partial charge in [0.25, 0.3) is 0 Å². The van der Waals surface area contributed by atoms with Crippen molar-refractivity contribution in [1.82, 2.24) is 19.6 Å². The van der Waals surface area contributed by atoms with Crippen LogP contribution in [0, 0.1) is 11.3 Å². The minimum atomic E-state index is -0.637. The Hall–Kier alpha value is -2.61. The highest BCUT2D eigenvalue weighted by molar-refractivity contribution is 6.30. The Morgan fingerprint density at radius 1 is 1.00 bits per heavy atom. The Labute approximate surface area is 231 Å². The molecule has 1 saturated carbocycles. The molecule has 1 aliphatic carbocycles. The molecule has 38 heavy (non-hydrogen) atoms. The van der Waals surface area contributed by atoms with Crippen molar-refractivity contribution in [1.29, 1.82) is 0 Å². The number of carbonyl (C=O) groups excluding carboxylic acids is 4. The SMILES string of the molecule is CC(=O)N1C[C@@H](C(=O)N2C[C@@H](N(C=O)C3CCC(C)(C)CC3)C[C@H]2C(=O)N(C)C)[C@H](c2ccc(Cl)cc2)C1. The van der Waals surface area contributed by atoms with E-state index in [1.807, 2.05) is 17.0 Å². The molecule has 4 rings (SSSR count). The van der Waals surface area contributed by atoms with Gasteiger partial charge >= 0.3 is 0 Å². The summed E-state index contributed by atoms with van der Waals surface area (Å²) in [7, 11) is 3.39.